The summed E-state index contributed by atoms with van der Waals surface area (Å²) in [4.78, 5) is 17.7. The van der Waals surface area contributed by atoms with E-state index in [0.29, 0.717) is 5.82 Å². The van der Waals surface area contributed by atoms with Crippen molar-refractivity contribution in [3.8, 4) is 33.4 Å². The van der Waals surface area contributed by atoms with E-state index in [1.807, 2.05) is 6.07 Å². The number of nitrogens with zero attached hydrogens (tertiary/aromatic N) is 3. The summed E-state index contributed by atoms with van der Waals surface area (Å²) in [5, 5.41) is 2.13. The lowest BCUT2D eigenvalue weighted by molar-refractivity contribution is 0.555. The summed E-state index contributed by atoms with van der Waals surface area (Å²) < 4.78 is 6.65. The predicted molar refractivity (Wildman–Crippen MR) is 239 cm³/mol. The Morgan fingerprint density at radius 2 is 0.650 bits per heavy atom. The van der Waals surface area contributed by atoms with E-state index in [-0.39, 0.29) is 0 Å². The SMILES string of the molecule is CC1(c2nc(C3(C)c4ccccc4-c4ccccc43)nc(C3(c4cccc5oc6ccccc6c45)c4ccccc4-c4ccccc43)n2)c2ccccc2-c2ccccc21. The van der Waals surface area contributed by atoms with Gasteiger partial charge in [-0.2, -0.15) is 0 Å². The van der Waals surface area contributed by atoms with Crippen LogP contribution < -0.4 is 0 Å². The van der Waals surface area contributed by atoms with Crippen LogP contribution in [-0.4, -0.2) is 15.0 Å². The minimum absolute atomic E-state index is 0.694. The van der Waals surface area contributed by atoms with Crippen molar-refractivity contribution in [3.05, 3.63) is 244 Å². The molecule has 0 bridgehead atoms. The quantitative estimate of drug-likeness (QED) is 0.179. The molecule has 4 heteroatoms. The summed E-state index contributed by atoms with van der Waals surface area (Å²) in [6.07, 6.45) is 0. The van der Waals surface area contributed by atoms with Crippen molar-refractivity contribution in [1.82, 2.24) is 15.0 Å². The summed E-state index contributed by atoms with van der Waals surface area (Å²) in [5.41, 5.74) is 14.7. The van der Waals surface area contributed by atoms with Gasteiger partial charge in [0.05, 0.1) is 10.8 Å². The van der Waals surface area contributed by atoms with Crippen LogP contribution in [0.2, 0.25) is 0 Å². The monoisotopic (exact) mass is 767 g/mol. The van der Waals surface area contributed by atoms with E-state index in [2.05, 4.69) is 196 Å². The number of hydrogen-bond donors (Lipinski definition) is 0. The van der Waals surface area contributed by atoms with E-state index in [1.165, 1.54) is 55.6 Å². The van der Waals surface area contributed by atoms with Crippen molar-refractivity contribution in [3.63, 3.8) is 0 Å². The van der Waals surface area contributed by atoms with Crippen molar-refractivity contribution in [2.24, 2.45) is 0 Å². The molecule has 60 heavy (non-hydrogen) atoms. The minimum Gasteiger partial charge on any atom is -0.456 e. The molecule has 3 aliphatic rings. The Hall–Kier alpha value is -7.43. The number of furan rings is 1. The molecule has 2 heterocycles. The minimum atomic E-state index is -0.951. The van der Waals surface area contributed by atoms with Gasteiger partial charge in [0.2, 0.25) is 0 Å². The van der Waals surface area contributed by atoms with Gasteiger partial charge >= 0.3 is 0 Å². The second kappa shape index (κ2) is 11.8. The topological polar surface area (TPSA) is 51.8 Å². The summed E-state index contributed by atoms with van der Waals surface area (Å²) >= 11 is 0. The molecular formula is C56H37N3O. The predicted octanol–water partition coefficient (Wildman–Crippen LogP) is 12.8. The fourth-order valence-electron chi connectivity index (χ4n) is 11.4. The van der Waals surface area contributed by atoms with Gasteiger partial charge in [-0.15, -0.1) is 0 Å². The van der Waals surface area contributed by atoms with Gasteiger partial charge in [0.15, 0.2) is 5.82 Å². The molecular weight excluding hydrogens is 731 g/mol. The molecule has 0 saturated carbocycles. The molecule has 13 rings (SSSR count). The average molecular weight is 768 g/mol. The molecule has 0 saturated heterocycles. The van der Waals surface area contributed by atoms with E-state index >= 15 is 0 Å². The highest BCUT2D eigenvalue weighted by atomic mass is 16.3. The van der Waals surface area contributed by atoms with Gasteiger partial charge in [-0.3, -0.25) is 0 Å². The van der Waals surface area contributed by atoms with Gasteiger partial charge in [-0.05, 0) is 98.3 Å². The lowest BCUT2D eigenvalue weighted by Crippen LogP contribution is -2.37. The summed E-state index contributed by atoms with van der Waals surface area (Å²) in [6, 6.07) is 67.7. The van der Waals surface area contributed by atoms with Crippen molar-refractivity contribution >= 4 is 21.9 Å². The van der Waals surface area contributed by atoms with Crippen molar-refractivity contribution < 1.29 is 4.42 Å². The number of hydrogen-bond acceptors (Lipinski definition) is 4. The highest BCUT2D eigenvalue weighted by molar-refractivity contribution is 6.08. The van der Waals surface area contributed by atoms with Crippen LogP contribution in [0.15, 0.2) is 192 Å². The molecule has 0 amide bonds. The average Bonchev–Trinajstić information content (AvgIpc) is 4.01. The van der Waals surface area contributed by atoms with Crippen LogP contribution in [0.4, 0.5) is 0 Å². The first-order chi connectivity index (χ1) is 29.5. The molecule has 4 nitrogen and oxygen atoms in total. The van der Waals surface area contributed by atoms with Crippen molar-refractivity contribution in [2.75, 3.05) is 0 Å². The van der Waals surface area contributed by atoms with Crippen LogP contribution >= 0.6 is 0 Å². The Bertz CT molecular complexity index is 3190. The van der Waals surface area contributed by atoms with E-state index in [0.717, 1.165) is 50.3 Å². The fourth-order valence-corrected chi connectivity index (χ4v) is 11.4. The Labute approximate surface area is 347 Å². The highest BCUT2D eigenvalue weighted by Gasteiger charge is 2.53. The molecule has 2 aromatic heterocycles. The summed E-state index contributed by atoms with van der Waals surface area (Å²) in [5.74, 6) is 2.16. The molecule has 282 valence electrons. The maximum Gasteiger partial charge on any atom is 0.152 e. The van der Waals surface area contributed by atoms with Gasteiger partial charge < -0.3 is 4.42 Å². The normalized spacial score (nSPS) is 15.6. The first-order valence-electron chi connectivity index (χ1n) is 20.8. The van der Waals surface area contributed by atoms with Crippen LogP contribution in [0.5, 0.6) is 0 Å². The van der Waals surface area contributed by atoms with Gasteiger partial charge in [-0.1, -0.05) is 176 Å². The Morgan fingerprint density at radius 3 is 1.12 bits per heavy atom. The molecule has 8 aromatic carbocycles. The second-order valence-electron chi connectivity index (χ2n) is 16.9. The lowest BCUT2D eigenvalue weighted by Gasteiger charge is -2.36. The Morgan fingerprint density at radius 1 is 0.317 bits per heavy atom. The van der Waals surface area contributed by atoms with E-state index in [9.17, 15) is 0 Å². The Balaban J connectivity index is 1.23. The van der Waals surface area contributed by atoms with Crippen molar-refractivity contribution in [2.45, 2.75) is 30.1 Å². The zero-order valence-corrected chi connectivity index (χ0v) is 33.1. The highest BCUT2D eigenvalue weighted by Crippen LogP contribution is 2.59. The molecule has 0 aliphatic heterocycles. The molecule has 0 unspecified atom stereocenters. The summed E-state index contributed by atoms with van der Waals surface area (Å²) in [6.45, 7) is 4.62. The third-order valence-corrected chi connectivity index (χ3v) is 14.1. The fraction of sp³-hybridized carbons (Fsp3) is 0.0893. The number of benzene rings is 8. The lowest BCUT2D eigenvalue weighted by atomic mass is 9.69. The zero-order chi connectivity index (χ0) is 39.8. The maximum absolute atomic E-state index is 6.65. The number of aromatic nitrogens is 3. The third kappa shape index (κ3) is 4.03. The maximum atomic E-state index is 6.65. The molecule has 0 spiro atoms. The van der Waals surface area contributed by atoms with E-state index in [1.54, 1.807) is 0 Å². The number of fused-ring (bicyclic) bond motifs is 12. The molecule has 0 N–H and O–H groups in total. The van der Waals surface area contributed by atoms with E-state index < -0.39 is 16.2 Å². The zero-order valence-electron chi connectivity index (χ0n) is 33.1. The molecule has 0 radical (unpaired) electrons. The van der Waals surface area contributed by atoms with Gasteiger partial charge in [-0.25, -0.2) is 15.0 Å². The summed E-state index contributed by atoms with van der Waals surface area (Å²) in [7, 11) is 0. The first-order valence-corrected chi connectivity index (χ1v) is 20.8. The van der Waals surface area contributed by atoms with Crippen LogP contribution in [0.3, 0.4) is 0 Å². The van der Waals surface area contributed by atoms with E-state index in [4.69, 9.17) is 19.4 Å². The van der Waals surface area contributed by atoms with Gasteiger partial charge in [0, 0.05) is 10.8 Å². The van der Waals surface area contributed by atoms with Crippen molar-refractivity contribution in [1.29, 1.82) is 0 Å². The molecule has 0 atom stereocenters. The third-order valence-electron chi connectivity index (χ3n) is 14.1. The standard InChI is InChI=1S/C56H37N3O/c1-54(41-25-10-3-18-34(41)35-19-4-11-26-42(35)54)51-57-52(55(2)43-27-12-5-20-36(43)37-21-6-13-28-44(37)55)59-53(58-51)56(45-29-14-7-22-38(45)39-23-8-15-30-46(39)56)47-31-17-33-49-50(47)40-24-9-16-32-48(40)60-49/h3-33H,1-2H3. The largest absolute Gasteiger partial charge is 0.456 e. The first kappa shape index (κ1) is 33.5. The molecule has 0 fully saturated rings. The van der Waals surface area contributed by atoms with Crippen LogP contribution in [0.25, 0.3) is 55.3 Å². The Kier molecular flexibility index (Phi) is 6.61. The smallest absolute Gasteiger partial charge is 0.152 e. The second-order valence-corrected chi connectivity index (χ2v) is 16.9. The molecule has 10 aromatic rings. The van der Waals surface area contributed by atoms with Gasteiger partial charge in [0.25, 0.3) is 0 Å². The number of para-hydroxylation sites is 1. The number of rotatable bonds is 4. The van der Waals surface area contributed by atoms with Crippen LogP contribution in [0, 0.1) is 0 Å². The molecule has 3 aliphatic carbocycles. The van der Waals surface area contributed by atoms with Crippen LogP contribution in [-0.2, 0) is 16.2 Å². The van der Waals surface area contributed by atoms with Crippen LogP contribution in [0.1, 0.15) is 70.3 Å². The van der Waals surface area contributed by atoms with Gasteiger partial charge in [0.1, 0.15) is 28.2 Å².